The van der Waals surface area contributed by atoms with E-state index < -0.39 is 5.97 Å². The molecule has 4 nitrogen and oxygen atoms in total. The van der Waals surface area contributed by atoms with Crippen LogP contribution in [0.3, 0.4) is 0 Å². The van der Waals surface area contributed by atoms with Crippen LogP contribution in [-0.2, 0) is 0 Å². The van der Waals surface area contributed by atoms with Crippen molar-refractivity contribution >= 4 is 22.6 Å². The lowest BCUT2D eigenvalue weighted by Gasteiger charge is -2.26. The Balaban J connectivity index is 2.60. The van der Waals surface area contributed by atoms with Crippen LogP contribution in [-0.4, -0.2) is 21.6 Å². The van der Waals surface area contributed by atoms with E-state index in [1.54, 1.807) is 6.07 Å². The molecule has 0 spiro atoms. The molecular weight excluding hydrogens is 240 g/mol. The van der Waals surface area contributed by atoms with Gasteiger partial charge in [-0.05, 0) is 32.4 Å². The monoisotopic (exact) mass is 258 g/mol. The van der Waals surface area contributed by atoms with E-state index in [2.05, 4.69) is 31.1 Å². The number of nitrogens with zero attached hydrogens (tertiary/aromatic N) is 1. The Morgan fingerprint density at radius 1 is 1.37 bits per heavy atom. The number of pyridine rings is 1. The van der Waals surface area contributed by atoms with Crippen molar-refractivity contribution in [2.45, 2.75) is 32.7 Å². The lowest BCUT2D eigenvalue weighted by Crippen LogP contribution is -2.29. The van der Waals surface area contributed by atoms with E-state index >= 15 is 0 Å². The average Bonchev–Trinajstić information content (AvgIpc) is 2.38. The van der Waals surface area contributed by atoms with Gasteiger partial charge in [0.05, 0.1) is 5.52 Å². The van der Waals surface area contributed by atoms with Crippen molar-refractivity contribution in [1.29, 1.82) is 0 Å². The minimum atomic E-state index is -1.01. The fourth-order valence-corrected chi connectivity index (χ4v) is 1.84. The molecule has 19 heavy (non-hydrogen) atoms. The van der Waals surface area contributed by atoms with E-state index in [0.717, 1.165) is 17.5 Å². The third-order valence-corrected chi connectivity index (χ3v) is 3.29. The van der Waals surface area contributed by atoms with Gasteiger partial charge in [0.15, 0.2) is 5.69 Å². The second-order valence-electron chi connectivity index (χ2n) is 5.24. The molecule has 0 saturated carbocycles. The first kappa shape index (κ1) is 13.3. The maximum atomic E-state index is 11.1. The maximum Gasteiger partial charge on any atom is 0.354 e. The molecule has 0 unspecified atom stereocenters. The van der Waals surface area contributed by atoms with Crippen molar-refractivity contribution in [3.63, 3.8) is 0 Å². The summed E-state index contributed by atoms with van der Waals surface area (Å²) in [7, 11) is 0. The molecule has 0 atom stereocenters. The predicted octanol–water partition coefficient (Wildman–Crippen LogP) is 3.53. The highest BCUT2D eigenvalue weighted by molar-refractivity contribution is 5.97. The number of rotatable bonds is 4. The van der Waals surface area contributed by atoms with E-state index in [-0.39, 0.29) is 11.2 Å². The van der Waals surface area contributed by atoms with Crippen LogP contribution in [0.5, 0.6) is 0 Å². The fraction of sp³-hybridized carbons (Fsp3) is 0.333. The number of carboxylic acids is 1. The topological polar surface area (TPSA) is 62.2 Å². The van der Waals surface area contributed by atoms with Crippen LogP contribution in [0, 0.1) is 0 Å². The first-order chi connectivity index (χ1) is 8.93. The molecule has 0 bridgehead atoms. The largest absolute Gasteiger partial charge is 0.477 e. The Labute approximate surface area is 112 Å². The summed E-state index contributed by atoms with van der Waals surface area (Å²) in [6.45, 7) is 6.26. The van der Waals surface area contributed by atoms with Gasteiger partial charge in [0.1, 0.15) is 0 Å². The Bertz CT molecular complexity index is 621. The first-order valence-corrected chi connectivity index (χ1v) is 6.34. The lowest BCUT2D eigenvalue weighted by atomic mass is 10.0. The van der Waals surface area contributed by atoms with Gasteiger partial charge < -0.3 is 10.4 Å². The van der Waals surface area contributed by atoms with Crippen LogP contribution in [0.1, 0.15) is 37.7 Å². The van der Waals surface area contributed by atoms with Gasteiger partial charge in [0, 0.05) is 16.6 Å². The number of carboxylic acid groups (broad SMARTS) is 1. The highest BCUT2D eigenvalue weighted by atomic mass is 16.4. The summed E-state index contributed by atoms with van der Waals surface area (Å²) in [5.74, 6) is -1.01. The number of fused-ring (bicyclic) bond motifs is 1. The van der Waals surface area contributed by atoms with Crippen molar-refractivity contribution in [2.75, 3.05) is 5.32 Å². The van der Waals surface area contributed by atoms with E-state index in [0.29, 0.717) is 5.52 Å². The molecule has 0 radical (unpaired) electrons. The Hall–Kier alpha value is -2.10. The molecule has 0 aliphatic heterocycles. The minimum absolute atomic E-state index is 0.0631. The molecule has 2 rings (SSSR count). The van der Waals surface area contributed by atoms with Crippen molar-refractivity contribution < 1.29 is 9.90 Å². The minimum Gasteiger partial charge on any atom is -0.477 e. The molecule has 1 heterocycles. The number of anilines is 1. The van der Waals surface area contributed by atoms with Crippen LogP contribution in [0.2, 0.25) is 0 Å². The van der Waals surface area contributed by atoms with Gasteiger partial charge in [0.25, 0.3) is 0 Å². The molecule has 0 saturated heterocycles. The third-order valence-electron chi connectivity index (χ3n) is 3.29. The molecule has 2 N–H and O–H groups in total. The van der Waals surface area contributed by atoms with Gasteiger partial charge in [-0.2, -0.15) is 0 Å². The number of carbonyl (C=O) groups is 1. The van der Waals surface area contributed by atoms with Gasteiger partial charge in [-0.25, -0.2) is 9.78 Å². The number of para-hydroxylation sites is 1. The summed E-state index contributed by atoms with van der Waals surface area (Å²) in [5.41, 5.74) is 1.47. The number of hydrogen-bond donors (Lipinski definition) is 2. The van der Waals surface area contributed by atoms with Crippen LogP contribution in [0.15, 0.2) is 30.3 Å². The van der Waals surface area contributed by atoms with Crippen molar-refractivity contribution in [1.82, 2.24) is 4.98 Å². The molecule has 0 amide bonds. The van der Waals surface area contributed by atoms with Gasteiger partial charge >= 0.3 is 5.97 Å². The maximum absolute atomic E-state index is 11.1. The first-order valence-electron chi connectivity index (χ1n) is 6.34. The molecule has 2 aromatic rings. The SMILES string of the molecule is CCC(C)(C)Nc1cc(C(=O)O)nc2ccccc12. The van der Waals surface area contributed by atoms with E-state index in [1.165, 1.54) is 0 Å². The summed E-state index contributed by atoms with van der Waals surface area (Å²) in [6.07, 6.45) is 0.937. The smallest absolute Gasteiger partial charge is 0.354 e. The van der Waals surface area contributed by atoms with Gasteiger partial charge in [0.2, 0.25) is 0 Å². The molecular formula is C15H18N2O2. The van der Waals surface area contributed by atoms with Gasteiger partial charge in [-0.1, -0.05) is 25.1 Å². The standard InChI is InChI=1S/C15H18N2O2/c1-4-15(2,3)17-12-9-13(14(18)19)16-11-8-6-5-7-10(11)12/h5-9H,4H2,1-3H3,(H,16,17)(H,18,19). The number of aromatic nitrogens is 1. The Morgan fingerprint density at radius 3 is 2.68 bits per heavy atom. The zero-order chi connectivity index (χ0) is 14.0. The summed E-state index contributed by atoms with van der Waals surface area (Å²) >= 11 is 0. The average molecular weight is 258 g/mol. The van der Waals surface area contributed by atoms with Gasteiger partial charge in [-0.3, -0.25) is 0 Å². The van der Waals surface area contributed by atoms with Crippen LogP contribution in [0.4, 0.5) is 5.69 Å². The van der Waals surface area contributed by atoms with Crippen molar-refractivity contribution in [3.8, 4) is 0 Å². The number of benzene rings is 1. The van der Waals surface area contributed by atoms with Gasteiger partial charge in [-0.15, -0.1) is 0 Å². The van der Waals surface area contributed by atoms with Crippen LogP contribution < -0.4 is 5.32 Å². The van der Waals surface area contributed by atoms with E-state index in [9.17, 15) is 4.79 Å². The van der Waals surface area contributed by atoms with E-state index in [1.807, 2.05) is 24.3 Å². The lowest BCUT2D eigenvalue weighted by molar-refractivity contribution is 0.0691. The number of nitrogens with one attached hydrogen (secondary N) is 1. The molecule has 4 heteroatoms. The normalized spacial score (nSPS) is 11.5. The fourth-order valence-electron chi connectivity index (χ4n) is 1.84. The van der Waals surface area contributed by atoms with Crippen LogP contribution in [0.25, 0.3) is 10.9 Å². The highest BCUT2D eigenvalue weighted by Gasteiger charge is 2.18. The van der Waals surface area contributed by atoms with Crippen molar-refractivity contribution in [3.05, 3.63) is 36.0 Å². The Kier molecular flexibility index (Phi) is 3.42. The quantitative estimate of drug-likeness (QED) is 0.880. The highest BCUT2D eigenvalue weighted by Crippen LogP contribution is 2.27. The summed E-state index contributed by atoms with van der Waals surface area (Å²) in [5, 5.41) is 13.5. The summed E-state index contributed by atoms with van der Waals surface area (Å²) in [4.78, 5) is 15.3. The molecule has 100 valence electrons. The second-order valence-corrected chi connectivity index (χ2v) is 5.24. The second kappa shape index (κ2) is 4.88. The molecule has 0 aliphatic rings. The van der Waals surface area contributed by atoms with Crippen molar-refractivity contribution in [2.24, 2.45) is 0 Å². The molecule has 1 aromatic carbocycles. The summed E-state index contributed by atoms with van der Waals surface area (Å²) < 4.78 is 0. The molecule has 0 fully saturated rings. The zero-order valence-corrected chi connectivity index (χ0v) is 11.4. The van der Waals surface area contributed by atoms with Crippen LogP contribution >= 0.6 is 0 Å². The summed E-state index contributed by atoms with van der Waals surface area (Å²) in [6, 6.07) is 9.15. The number of hydrogen-bond acceptors (Lipinski definition) is 3. The molecule has 0 aliphatic carbocycles. The van der Waals surface area contributed by atoms with E-state index in [4.69, 9.17) is 5.11 Å². The molecule has 1 aromatic heterocycles. The number of aromatic carboxylic acids is 1. The Morgan fingerprint density at radius 2 is 2.05 bits per heavy atom. The zero-order valence-electron chi connectivity index (χ0n) is 11.4. The third kappa shape index (κ3) is 2.84. The predicted molar refractivity (Wildman–Crippen MR) is 76.7 cm³/mol.